The fourth-order valence-corrected chi connectivity index (χ4v) is 4.80. The molecule has 198 valence electrons. The number of sulfonamides is 1. The zero-order valence-electron chi connectivity index (χ0n) is 20.6. The molecule has 38 heavy (non-hydrogen) atoms. The number of nitrogens with zero attached hydrogens (tertiary/aromatic N) is 7. The van der Waals surface area contributed by atoms with Crippen LogP contribution in [0.15, 0.2) is 65.1 Å². The molecule has 0 bridgehead atoms. The molecule has 0 aliphatic carbocycles. The molecule has 0 amide bonds. The Bertz CT molecular complexity index is 1690. The minimum atomic E-state index is -4.09. The molecule has 3 N–H and O–H groups in total. The molecular formula is C24H26FN9O3S. The highest BCUT2D eigenvalue weighted by molar-refractivity contribution is 7.89. The molecule has 5 rings (SSSR count). The van der Waals surface area contributed by atoms with E-state index in [-0.39, 0.29) is 40.2 Å². The minimum absolute atomic E-state index is 0.0954. The summed E-state index contributed by atoms with van der Waals surface area (Å²) >= 11 is 0. The standard InChI is InChI=1S/C24H26FN9O3S/c1-3-9-33-23(35)17-15-27-24(30-22(17)34(33)20-5-4-6-21(29-20)38(26,36)37)28-16-7-8-19(18(25)14-16)32-12-10-31(2)11-13-32/h3-8,14-15H,1,9-13H2,2H3,(H2,26,36,37)(H,27,28,30). The Hall–Kier alpha value is -4.14. The van der Waals surface area contributed by atoms with Crippen molar-refractivity contribution in [3.8, 4) is 5.82 Å². The second kappa shape index (κ2) is 9.96. The summed E-state index contributed by atoms with van der Waals surface area (Å²) in [6.45, 7) is 6.97. The van der Waals surface area contributed by atoms with Gasteiger partial charge in [0.15, 0.2) is 16.5 Å². The molecule has 0 atom stereocenters. The highest BCUT2D eigenvalue weighted by Crippen LogP contribution is 2.26. The molecule has 12 nitrogen and oxygen atoms in total. The van der Waals surface area contributed by atoms with Gasteiger partial charge >= 0.3 is 0 Å². The molecule has 1 fully saturated rings. The van der Waals surface area contributed by atoms with Crippen molar-refractivity contribution in [2.24, 2.45) is 5.14 Å². The van der Waals surface area contributed by atoms with Crippen LogP contribution >= 0.6 is 0 Å². The Balaban J connectivity index is 1.53. The number of fused-ring (bicyclic) bond motifs is 1. The van der Waals surface area contributed by atoms with Gasteiger partial charge in [0.2, 0.25) is 5.95 Å². The van der Waals surface area contributed by atoms with E-state index in [0.29, 0.717) is 11.4 Å². The second-order valence-electron chi connectivity index (χ2n) is 8.88. The summed E-state index contributed by atoms with van der Waals surface area (Å²) in [6, 6.07) is 9.05. The smallest absolute Gasteiger partial charge is 0.278 e. The lowest BCUT2D eigenvalue weighted by Gasteiger charge is -2.34. The first-order valence-corrected chi connectivity index (χ1v) is 13.3. The van der Waals surface area contributed by atoms with Crippen LogP contribution in [0.4, 0.5) is 21.7 Å². The van der Waals surface area contributed by atoms with Crippen LogP contribution in [0.5, 0.6) is 0 Å². The van der Waals surface area contributed by atoms with Crippen LogP contribution in [0.2, 0.25) is 0 Å². The number of pyridine rings is 1. The number of likely N-dealkylation sites (N-methyl/N-ethyl adjacent to an activating group) is 1. The van der Waals surface area contributed by atoms with Crippen LogP contribution < -0.4 is 20.9 Å². The van der Waals surface area contributed by atoms with Gasteiger partial charge in [-0.15, -0.1) is 6.58 Å². The summed E-state index contributed by atoms with van der Waals surface area (Å²) in [7, 11) is -2.05. The average molecular weight is 540 g/mol. The topological polar surface area (TPSA) is 144 Å². The maximum atomic E-state index is 15.0. The van der Waals surface area contributed by atoms with Crippen molar-refractivity contribution in [3.63, 3.8) is 0 Å². The highest BCUT2D eigenvalue weighted by Gasteiger charge is 2.21. The number of nitrogens with one attached hydrogen (secondary N) is 1. The zero-order valence-corrected chi connectivity index (χ0v) is 21.4. The van der Waals surface area contributed by atoms with Crippen LogP contribution in [-0.2, 0) is 16.6 Å². The van der Waals surface area contributed by atoms with Crippen LogP contribution in [0.25, 0.3) is 16.9 Å². The lowest BCUT2D eigenvalue weighted by Crippen LogP contribution is -2.44. The minimum Gasteiger partial charge on any atom is -0.367 e. The Morgan fingerprint density at radius 3 is 2.61 bits per heavy atom. The quantitative estimate of drug-likeness (QED) is 0.333. The first kappa shape index (κ1) is 25.5. The van der Waals surface area contributed by atoms with Gasteiger partial charge in [0.1, 0.15) is 11.2 Å². The lowest BCUT2D eigenvalue weighted by atomic mass is 10.2. The van der Waals surface area contributed by atoms with E-state index in [2.05, 4.69) is 31.7 Å². The van der Waals surface area contributed by atoms with E-state index in [1.54, 1.807) is 12.1 Å². The molecule has 0 radical (unpaired) electrons. The van der Waals surface area contributed by atoms with Crippen molar-refractivity contribution in [2.75, 3.05) is 43.4 Å². The van der Waals surface area contributed by atoms with Crippen molar-refractivity contribution in [3.05, 3.63) is 71.4 Å². The van der Waals surface area contributed by atoms with Crippen LogP contribution in [-0.4, -0.2) is 70.9 Å². The third-order valence-electron chi connectivity index (χ3n) is 6.24. The summed E-state index contributed by atoms with van der Waals surface area (Å²) < 4.78 is 41.4. The summed E-state index contributed by atoms with van der Waals surface area (Å²) in [4.78, 5) is 30.1. The van der Waals surface area contributed by atoms with Crippen LogP contribution in [0, 0.1) is 5.82 Å². The molecular weight excluding hydrogens is 513 g/mol. The zero-order chi connectivity index (χ0) is 27.0. The summed E-state index contributed by atoms with van der Waals surface area (Å²) in [5.41, 5.74) is 0.699. The predicted molar refractivity (Wildman–Crippen MR) is 142 cm³/mol. The predicted octanol–water partition coefficient (Wildman–Crippen LogP) is 1.45. The Morgan fingerprint density at radius 1 is 1.16 bits per heavy atom. The fraction of sp³-hybridized carbons (Fsp3) is 0.250. The van der Waals surface area contributed by atoms with Gasteiger partial charge in [0.25, 0.3) is 15.6 Å². The van der Waals surface area contributed by atoms with E-state index in [1.165, 1.54) is 45.9 Å². The molecule has 1 saturated heterocycles. The van der Waals surface area contributed by atoms with Crippen molar-refractivity contribution < 1.29 is 12.8 Å². The van der Waals surface area contributed by atoms with Gasteiger partial charge in [-0.05, 0) is 37.4 Å². The Kier molecular flexibility index (Phi) is 6.69. The fourth-order valence-electron chi connectivity index (χ4n) is 4.31. The molecule has 14 heteroatoms. The summed E-state index contributed by atoms with van der Waals surface area (Å²) in [6.07, 6.45) is 2.86. The molecule has 1 aromatic carbocycles. The monoisotopic (exact) mass is 539 g/mol. The highest BCUT2D eigenvalue weighted by atomic mass is 32.2. The van der Waals surface area contributed by atoms with Gasteiger partial charge in [-0.3, -0.25) is 4.79 Å². The van der Waals surface area contributed by atoms with Crippen molar-refractivity contribution >= 4 is 38.4 Å². The first-order valence-electron chi connectivity index (χ1n) is 11.8. The first-order chi connectivity index (χ1) is 18.2. The van der Waals surface area contributed by atoms with Gasteiger partial charge in [0, 0.05) is 38.1 Å². The van der Waals surface area contributed by atoms with Gasteiger partial charge in [-0.2, -0.15) is 4.98 Å². The van der Waals surface area contributed by atoms with E-state index in [1.807, 2.05) is 11.9 Å². The molecule has 0 saturated carbocycles. The maximum Gasteiger partial charge on any atom is 0.278 e. The van der Waals surface area contributed by atoms with Gasteiger partial charge in [0.05, 0.1) is 12.2 Å². The van der Waals surface area contributed by atoms with Crippen LogP contribution in [0.1, 0.15) is 0 Å². The number of allylic oxidation sites excluding steroid dienone is 1. The van der Waals surface area contributed by atoms with Gasteiger partial charge < -0.3 is 15.1 Å². The molecule has 0 spiro atoms. The Labute approximate surface area is 217 Å². The largest absolute Gasteiger partial charge is 0.367 e. The third-order valence-corrected chi connectivity index (χ3v) is 7.05. The molecule has 0 unspecified atom stereocenters. The average Bonchev–Trinajstić information content (AvgIpc) is 3.15. The van der Waals surface area contributed by atoms with E-state index in [9.17, 15) is 17.6 Å². The number of halogens is 1. The molecule has 1 aliphatic heterocycles. The molecule has 3 aromatic heterocycles. The summed E-state index contributed by atoms with van der Waals surface area (Å²) in [5, 5.41) is 8.04. The third kappa shape index (κ3) is 4.88. The van der Waals surface area contributed by atoms with Crippen LogP contribution in [0.3, 0.4) is 0 Å². The molecule has 4 aromatic rings. The number of hydrogen-bond donors (Lipinski definition) is 2. The molecule has 1 aliphatic rings. The number of piperazine rings is 1. The molecule has 4 heterocycles. The normalized spacial score (nSPS) is 14.7. The SMILES string of the molecule is C=CCn1c(=O)c2cnc(Nc3ccc(N4CCN(C)CC4)c(F)c3)nc2n1-c1cccc(S(N)(=O)=O)n1. The number of nitrogens with two attached hydrogens (primary N) is 1. The number of anilines is 3. The number of benzene rings is 1. The Morgan fingerprint density at radius 2 is 1.92 bits per heavy atom. The van der Waals surface area contributed by atoms with Crippen molar-refractivity contribution in [1.82, 2.24) is 29.2 Å². The second-order valence-corrected chi connectivity index (χ2v) is 10.4. The number of hydrogen-bond acceptors (Lipinski definition) is 9. The lowest BCUT2D eigenvalue weighted by molar-refractivity contribution is 0.311. The van der Waals surface area contributed by atoms with Crippen molar-refractivity contribution in [2.45, 2.75) is 11.6 Å². The number of primary sulfonamides is 1. The summed E-state index contributed by atoms with van der Waals surface area (Å²) in [5.74, 6) is -0.160. The van der Waals surface area contributed by atoms with Gasteiger partial charge in [-0.25, -0.2) is 37.3 Å². The van der Waals surface area contributed by atoms with Crippen molar-refractivity contribution in [1.29, 1.82) is 0 Å². The van der Waals surface area contributed by atoms with E-state index < -0.39 is 15.6 Å². The number of aromatic nitrogens is 5. The number of rotatable bonds is 7. The van der Waals surface area contributed by atoms with E-state index >= 15 is 0 Å². The maximum absolute atomic E-state index is 15.0. The van der Waals surface area contributed by atoms with E-state index in [0.717, 1.165) is 26.2 Å². The van der Waals surface area contributed by atoms with Gasteiger partial charge in [-0.1, -0.05) is 12.1 Å². The van der Waals surface area contributed by atoms with E-state index in [4.69, 9.17) is 5.14 Å².